The van der Waals surface area contributed by atoms with Crippen molar-refractivity contribution in [2.24, 2.45) is 0 Å². The molecule has 0 unspecified atom stereocenters. The number of hydrogen-bond acceptors (Lipinski definition) is 7. The molecule has 4 rings (SSSR count). The van der Waals surface area contributed by atoms with Gasteiger partial charge in [0.1, 0.15) is 17.0 Å². The van der Waals surface area contributed by atoms with Gasteiger partial charge in [0.25, 0.3) is 0 Å². The first kappa shape index (κ1) is 20.6. The zero-order chi connectivity index (χ0) is 22.1. The van der Waals surface area contributed by atoms with E-state index in [1.807, 2.05) is 5.38 Å². The lowest BCUT2D eigenvalue weighted by Gasteiger charge is -2.15. The summed E-state index contributed by atoms with van der Waals surface area (Å²) < 4.78 is 10.6. The van der Waals surface area contributed by atoms with E-state index >= 15 is 0 Å². The van der Waals surface area contributed by atoms with Crippen LogP contribution in [0.2, 0.25) is 0 Å². The Bertz CT molecular complexity index is 1300. The number of nitrogens with one attached hydrogen (secondary N) is 1. The second kappa shape index (κ2) is 8.23. The van der Waals surface area contributed by atoms with E-state index in [-0.39, 0.29) is 5.56 Å². The number of anilines is 2. The Morgan fingerprint density at radius 3 is 2.45 bits per heavy atom. The molecule has 0 aliphatic carbocycles. The second-order valence-electron chi connectivity index (χ2n) is 7.03. The summed E-state index contributed by atoms with van der Waals surface area (Å²) in [5.41, 5.74) is 4.85. The molecule has 0 aliphatic rings. The molecule has 0 atom stereocenters. The first-order valence-electron chi connectivity index (χ1n) is 9.49. The Morgan fingerprint density at radius 1 is 1.03 bits per heavy atom. The fourth-order valence-corrected chi connectivity index (χ4v) is 4.29. The van der Waals surface area contributed by atoms with Gasteiger partial charge in [0.15, 0.2) is 11.5 Å². The Labute approximate surface area is 183 Å². The summed E-state index contributed by atoms with van der Waals surface area (Å²) in [7, 11) is 2.97. The van der Waals surface area contributed by atoms with Crippen molar-refractivity contribution in [3.63, 3.8) is 0 Å². The van der Waals surface area contributed by atoms with Crippen molar-refractivity contribution in [1.29, 1.82) is 0 Å². The van der Waals surface area contributed by atoms with Crippen LogP contribution >= 0.6 is 11.3 Å². The van der Waals surface area contributed by atoms with Crippen LogP contribution in [0.4, 0.5) is 11.5 Å². The number of carbonyl (C=O) groups is 1. The highest BCUT2D eigenvalue weighted by molar-refractivity contribution is 7.17. The molecule has 2 heterocycles. The molecular weight excluding hydrogens is 414 g/mol. The summed E-state index contributed by atoms with van der Waals surface area (Å²) >= 11 is 1.52. The van der Waals surface area contributed by atoms with E-state index in [2.05, 4.69) is 47.3 Å². The van der Waals surface area contributed by atoms with E-state index in [1.165, 1.54) is 49.1 Å². The minimum absolute atomic E-state index is 0.0485. The lowest BCUT2D eigenvalue weighted by molar-refractivity contribution is 0.0697. The standard InChI is InChI=1S/C23H21N3O4S/c1-12-5-6-14(7-13(12)2)16-10-31-22-20(16)21(24-11-25-22)26-17-9-19(30-4)18(29-3)8-15(17)23(27)28/h5-11H,1-4H3,(H,27,28)(H,24,25,26). The van der Waals surface area contributed by atoms with Gasteiger partial charge in [-0.25, -0.2) is 14.8 Å². The summed E-state index contributed by atoms with van der Waals surface area (Å²) in [4.78, 5) is 21.5. The number of carboxylic acids is 1. The normalized spacial score (nSPS) is 10.8. The van der Waals surface area contributed by atoms with Gasteiger partial charge in [0, 0.05) is 23.1 Å². The Hall–Kier alpha value is -3.65. The predicted octanol–water partition coefficient (Wildman–Crippen LogP) is 5.43. The maximum absolute atomic E-state index is 11.9. The van der Waals surface area contributed by atoms with Crippen LogP contribution < -0.4 is 14.8 Å². The molecule has 0 saturated heterocycles. The van der Waals surface area contributed by atoms with Crippen LogP contribution in [-0.4, -0.2) is 35.3 Å². The molecule has 0 saturated carbocycles. The van der Waals surface area contributed by atoms with Gasteiger partial charge < -0.3 is 19.9 Å². The van der Waals surface area contributed by atoms with Gasteiger partial charge in [-0.2, -0.15) is 0 Å². The van der Waals surface area contributed by atoms with Gasteiger partial charge in [-0.15, -0.1) is 11.3 Å². The van der Waals surface area contributed by atoms with E-state index < -0.39 is 5.97 Å². The average molecular weight is 436 g/mol. The molecule has 4 aromatic rings. The number of fused-ring (bicyclic) bond motifs is 1. The fourth-order valence-electron chi connectivity index (χ4n) is 3.38. The van der Waals surface area contributed by atoms with E-state index in [0.29, 0.717) is 23.0 Å². The quantitative estimate of drug-likeness (QED) is 0.417. The number of aromatic nitrogens is 2. The smallest absolute Gasteiger partial charge is 0.337 e. The monoisotopic (exact) mass is 435 g/mol. The van der Waals surface area contributed by atoms with Gasteiger partial charge in [-0.1, -0.05) is 18.2 Å². The molecule has 0 spiro atoms. The van der Waals surface area contributed by atoms with Gasteiger partial charge in [-0.05, 0) is 30.5 Å². The Morgan fingerprint density at radius 2 is 1.77 bits per heavy atom. The van der Waals surface area contributed by atoms with Gasteiger partial charge in [-0.3, -0.25) is 0 Å². The maximum Gasteiger partial charge on any atom is 0.337 e. The summed E-state index contributed by atoms with van der Waals surface area (Å²) in [5, 5.41) is 15.8. The lowest BCUT2D eigenvalue weighted by Crippen LogP contribution is -2.06. The Balaban J connectivity index is 1.87. The molecule has 2 aromatic carbocycles. The van der Waals surface area contributed by atoms with Crippen molar-refractivity contribution >= 4 is 39.0 Å². The minimum Gasteiger partial charge on any atom is -0.493 e. The molecule has 2 aromatic heterocycles. The number of benzene rings is 2. The highest BCUT2D eigenvalue weighted by Crippen LogP contribution is 2.40. The van der Waals surface area contributed by atoms with Crippen molar-refractivity contribution in [2.45, 2.75) is 13.8 Å². The topological polar surface area (TPSA) is 93.6 Å². The highest BCUT2D eigenvalue weighted by Gasteiger charge is 2.19. The third-order valence-electron chi connectivity index (χ3n) is 5.20. The molecule has 31 heavy (non-hydrogen) atoms. The van der Waals surface area contributed by atoms with Crippen molar-refractivity contribution in [2.75, 3.05) is 19.5 Å². The molecule has 7 nitrogen and oxygen atoms in total. The minimum atomic E-state index is -1.09. The molecule has 0 aliphatic heterocycles. The SMILES string of the molecule is COc1cc(Nc2ncnc3scc(-c4ccc(C)c(C)c4)c23)c(C(=O)O)cc1OC. The molecule has 0 bridgehead atoms. The van der Waals surface area contributed by atoms with Gasteiger partial charge in [0.05, 0.1) is 30.9 Å². The van der Waals surface area contributed by atoms with Crippen LogP contribution in [0.5, 0.6) is 11.5 Å². The molecular formula is C23H21N3O4S. The predicted molar refractivity (Wildman–Crippen MR) is 122 cm³/mol. The van der Waals surface area contributed by atoms with Crippen molar-refractivity contribution in [3.05, 3.63) is 58.7 Å². The number of rotatable bonds is 6. The molecule has 2 N–H and O–H groups in total. The number of ether oxygens (including phenoxy) is 2. The summed E-state index contributed by atoms with van der Waals surface area (Å²) in [6.45, 7) is 4.15. The summed E-state index contributed by atoms with van der Waals surface area (Å²) in [6, 6.07) is 9.31. The van der Waals surface area contributed by atoms with Gasteiger partial charge in [0.2, 0.25) is 0 Å². The number of thiophene rings is 1. The van der Waals surface area contributed by atoms with Crippen molar-refractivity contribution in [1.82, 2.24) is 9.97 Å². The average Bonchev–Trinajstić information content (AvgIpc) is 3.20. The number of aromatic carboxylic acids is 1. The number of hydrogen-bond donors (Lipinski definition) is 2. The molecule has 158 valence electrons. The van der Waals surface area contributed by atoms with Crippen LogP contribution in [0, 0.1) is 13.8 Å². The zero-order valence-electron chi connectivity index (χ0n) is 17.5. The van der Waals surface area contributed by atoms with Crippen LogP contribution in [0.25, 0.3) is 21.3 Å². The third kappa shape index (κ3) is 3.77. The summed E-state index contributed by atoms with van der Waals surface area (Å²) in [5.74, 6) is 0.187. The lowest BCUT2D eigenvalue weighted by atomic mass is 10.0. The van der Waals surface area contributed by atoms with E-state index in [4.69, 9.17) is 9.47 Å². The molecule has 0 amide bonds. The van der Waals surface area contributed by atoms with Crippen LogP contribution in [0.15, 0.2) is 42.0 Å². The van der Waals surface area contributed by atoms with Crippen LogP contribution in [0.1, 0.15) is 21.5 Å². The number of methoxy groups -OCH3 is 2. The maximum atomic E-state index is 11.9. The fraction of sp³-hybridized carbons (Fsp3) is 0.174. The molecule has 0 fully saturated rings. The zero-order valence-corrected chi connectivity index (χ0v) is 18.3. The van der Waals surface area contributed by atoms with Crippen LogP contribution in [0.3, 0.4) is 0 Å². The molecule has 0 radical (unpaired) electrons. The highest BCUT2D eigenvalue weighted by atomic mass is 32.1. The number of aryl methyl sites for hydroxylation is 2. The van der Waals surface area contributed by atoms with E-state index in [0.717, 1.165) is 21.3 Å². The Kier molecular flexibility index (Phi) is 5.48. The third-order valence-corrected chi connectivity index (χ3v) is 6.08. The summed E-state index contributed by atoms with van der Waals surface area (Å²) in [6.07, 6.45) is 1.46. The van der Waals surface area contributed by atoms with Crippen molar-refractivity contribution < 1.29 is 19.4 Å². The van der Waals surface area contributed by atoms with Gasteiger partial charge >= 0.3 is 5.97 Å². The molecule has 8 heteroatoms. The van der Waals surface area contributed by atoms with E-state index in [1.54, 1.807) is 6.07 Å². The van der Waals surface area contributed by atoms with Crippen molar-refractivity contribution in [3.8, 4) is 22.6 Å². The first-order valence-corrected chi connectivity index (χ1v) is 10.4. The van der Waals surface area contributed by atoms with Crippen LogP contribution in [-0.2, 0) is 0 Å². The second-order valence-corrected chi connectivity index (χ2v) is 7.89. The largest absolute Gasteiger partial charge is 0.493 e. The first-order chi connectivity index (χ1) is 14.9. The number of nitrogens with zero attached hydrogens (tertiary/aromatic N) is 2. The van der Waals surface area contributed by atoms with E-state index in [9.17, 15) is 9.90 Å². The number of carboxylic acid groups (broad SMARTS) is 1.